The summed E-state index contributed by atoms with van der Waals surface area (Å²) < 4.78 is 0. The van der Waals surface area contributed by atoms with Crippen molar-refractivity contribution in [1.29, 1.82) is 0 Å². The van der Waals surface area contributed by atoms with Crippen LogP contribution in [-0.2, 0) is 30.4 Å². The molecule has 8 N–H and O–H groups in total. The average Bonchev–Trinajstić information content (AvgIpc) is 3.15. The SMILES string of the molecule is CC(NC(=O)CNC(=O)C(CCC(=O)O)NC(=O)C(N)Cc1cnc[nH]1)C(=O)O. The van der Waals surface area contributed by atoms with Gasteiger partial charge in [-0.05, 0) is 13.3 Å². The summed E-state index contributed by atoms with van der Waals surface area (Å²) >= 11 is 0. The Kier molecular flexibility index (Phi) is 9.25. The first-order chi connectivity index (χ1) is 13.6. The van der Waals surface area contributed by atoms with Gasteiger partial charge >= 0.3 is 11.9 Å². The topological polar surface area (TPSA) is 217 Å². The van der Waals surface area contributed by atoms with E-state index in [1.165, 1.54) is 19.4 Å². The zero-order chi connectivity index (χ0) is 22.0. The molecular formula is C16H24N6O7. The van der Waals surface area contributed by atoms with E-state index in [1.54, 1.807) is 0 Å². The maximum Gasteiger partial charge on any atom is 0.325 e. The van der Waals surface area contributed by atoms with Gasteiger partial charge in [0.25, 0.3) is 0 Å². The molecule has 29 heavy (non-hydrogen) atoms. The highest BCUT2D eigenvalue weighted by molar-refractivity contribution is 5.92. The molecule has 0 aliphatic rings. The number of rotatable bonds is 12. The maximum atomic E-state index is 12.3. The van der Waals surface area contributed by atoms with Crippen LogP contribution in [0.2, 0.25) is 0 Å². The van der Waals surface area contributed by atoms with Crippen molar-refractivity contribution >= 4 is 29.7 Å². The Bertz CT molecular complexity index is 736. The second-order valence-electron chi connectivity index (χ2n) is 6.23. The van der Waals surface area contributed by atoms with Gasteiger partial charge in [-0.25, -0.2) is 4.98 Å². The van der Waals surface area contributed by atoms with Crippen LogP contribution in [0.4, 0.5) is 0 Å². The third kappa shape index (κ3) is 8.83. The van der Waals surface area contributed by atoms with Crippen molar-refractivity contribution in [3.8, 4) is 0 Å². The van der Waals surface area contributed by atoms with Gasteiger partial charge in [0.05, 0.1) is 18.9 Å². The third-order valence-electron chi connectivity index (χ3n) is 3.78. The van der Waals surface area contributed by atoms with E-state index < -0.39 is 60.8 Å². The normalized spacial score (nSPS) is 13.6. The number of H-pyrrole nitrogens is 1. The van der Waals surface area contributed by atoms with Gasteiger partial charge in [-0.15, -0.1) is 0 Å². The molecule has 0 aliphatic heterocycles. The first-order valence-corrected chi connectivity index (χ1v) is 8.65. The molecule has 0 aliphatic carbocycles. The summed E-state index contributed by atoms with van der Waals surface area (Å²) in [5.41, 5.74) is 6.39. The fourth-order valence-electron chi connectivity index (χ4n) is 2.19. The van der Waals surface area contributed by atoms with Crippen molar-refractivity contribution in [2.24, 2.45) is 5.73 Å². The molecule has 3 unspecified atom stereocenters. The Morgan fingerprint density at radius 1 is 1.17 bits per heavy atom. The zero-order valence-electron chi connectivity index (χ0n) is 15.7. The monoisotopic (exact) mass is 412 g/mol. The van der Waals surface area contributed by atoms with Gasteiger partial charge < -0.3 is 36.9 Å². The van der Waals surface area contributed by atoms with Gasteiger partial charge in [-0.2, -0.15) is 0 Å². The molecule has 0 fully saturated rings. The molecule has 0 bridgehead atoms. The van der Waals surface area contributed by atoms with E-state index in [0.29, 0.717) is 5.69 Å². The number of imidazole rings is 1. The van der Waals surface area contributed by atoms with Crippen molar-refractivity contribution in [3.05, 3.63) is 18.2 Å². The minimum Gasteiger partial charge on any atom is -0.481 e. The smallest absolute Gasteiger partial charge is 0.325 e. The highest BCUT2D eigenvalue weighted by atomic mass is 16.4. The summed E-state index contributed by atoms with van der Waals surface area (Å²) in [6.07, 6.45) is 2.39. The summed E-state index contributed by atoms with van der Waals surface area (Å²) in [5.74, 6) is -4.66. The number of hydrogen-bond donors (Lipinski definition) is 7. The van der Waals surface area contributed by atoms with E-state index in [9.17, 15) is 24.0 Å². The van der Waals surface area contributed by atoms with Gasteiger partial charge in [0, 0.05) is 24.7 Å². The Labute approximate surface area is 165 Å². The Balaban J connectivity index is 2.63. The van der Waals surface area contributed by atoms with Gasteiger partial charge in [0.15, 0.2) is 0 Å². The van der Waals surface area contributed by atoms with Crippen LogP contribution in [-0.4, -0.2) is 74.5 Å². The lowest BCUT2D eigenvalue weighted by Gasteiger charge is -2.20. The molecule has 1 aromatic rings. The lowest BCUT2D eigenvalue weighted by Crippen LogP contribution is -2.53. The van der Waals surface area contributed by atoms with Crippen LogP contribution < -0.4 is 21.7 Å². The number of carbonyl (C=O) groups is 5. The number of carboxylic acids is 2. The standard InChI is InChI=1S/C16H24N6O7/c1-8(16(28)29)21-12(23)6-19-15(27)11(2-3-13(24)25)22-14(26)10(17)4-9-5-18-7-20-9/h5,7-8,10-11H,2-4,6,17H2,1H3,(H,18,20)(H,19,27)(H,21,23)(H,22,26)(H,24,25)(H,28,29). The van der Waals surface area contributed by atoms with E-state index in [2.05, 4.69) is 25.9 Å². The van der Waals surface area contributed by atoms with Crippen LogP contribution in [0.25, 0.3) is 0 Å². The van der Waals surface area contributed by atoms with Crippen LogP contribution in [0.15, 0.2) is 12.5 Å². The molecule has 160 valence electrons. The predicted molar refractivity (Wildman–Crippen MR) is 97.3 cm³/mol. The maximum absolute atomic E-state index is 12.3. The lowest BCUT2D eigenvalue weighted by atomic mass is 10.1. The molecule has 3 amide bonds. The number of aromatic amines is 1. The van der Waals surface area contributed by atoms with E-state index in [1.807, 2.05) is 0 Å². The van der Waals surface area contributed by atoms with Gasteiger partial charge in [0.2, 0.25) is 17.7 Å². The highest BCUT2D eigenvalue weighted by Crippen LogP contribution is 2.01. The van der Waals surface area contributed by atoms with Crippen molar-refractivity contribution in [2.75, 3.05) is 6.54 Å². The van der Waals surface area contributed by atoms with Crippen LogP contribution in [0.1, 0.15) is 25.5 Å². The fraction of sp³-hybridized carbons (Fsp3) is 0.500. The summed E-state index contributed by atoms with van der Waals surface area (Å²) in [7, 11) is 0. The van der Waals surface area contributed by atoms with E-state index in [0.717, 1.165) is 0 Å². The summed E-state index contributed by atoms with van der Waals surface area (Å²) in [4.78, 5) is 64.3. The highest BCUT2D eigenvalue weighted by Gasteiger charge is 2.25. The van der Waals surface area contributed by atoms with E-state index in [4.69, 9.17) is 15.9 Å². The molecule has 0 aromatic carbocycles. The largest absolute Gasteiger partial charge is 0.481 e. The fourth-order valence-corrected chi connectivity index (χ4v) is 2.19. The van der Waals surface area contributed by atoms with Crippen LogP contribution >= 0.6 is 0 Å². The van der Waals surface area contributed by atoms with Gasteiger partial charge in [-0.1, -0.05) is 0 Å². The number of hydrogen-bond acceptors (Lipinski definition) is 7. The molecule has 1 heterocycles. The Morgan fingerprint density at radius 2 is 1.86 bits per heavy atom. The van der Waals surface area contributed by atoms with Crippen LogP contribution in [0, 0.1) is 0 Å². The summed E-state index contributed by atoms with van der Waals surface area (Å²) in [5, 5.41) is 24.3. The lowest BCUT2D eigenvalue weighted by molar-refractivity contribution is -0.141. The second-order valence-corrected chi connectivity index (χ2v) is 6.23. The minimum atomic E-state index is -1.25. The molecule has 0 saturated carbocycles. The average molecular weight is 412 g/mol. The molecule has 13 nitrogen and oxygen atoms in total. The number of nitrogens with two attached hydrogens (primary N) is 1. The molecule has 0 saturated heterocycles. The number of amides is 3. The van der Waals surface area contributed by atoms with Crippen LogP contribution in [0.5, 0.6) is 0 Å². The number of nitrogens with one attached hydrogen (secondary N) is 4. The molecule has 13 heteroatoms. The first-order valence-electron chi connectivity index (χ1n) is 8.65. The van der Waals surface area contributed by atoms with Crippen molar-refractivity contribution < 1.29 is 34.2 Å². The number of carboxylic acid groups (broad SMARTS) is 2. The quantitative estimate of drug-likeness (QED) is 0.190. The van der Waals surface area contributed by atoms with Crippen molar-refractivity contribution in [1.82, 2.24) is 25.9 Å². The van der Waals surface area contributed by atoms with E-state index >= 15 is 0 Å². The van der Waals surface area contributed by atoms with Crippen molar-refractivity contribution in [3.63, 3.8) is 0 Å². The van der Waals surface area contributed by atoms with Crippen molar-refractivity contribution in [2.45, 2.75) is 44.3 Å². The summed E-state index contributed by atoms with van der Waals surface area (Å²) in [6.45, 7) is 0.703. The third-order valence-corrected chi connectivity index (χ3v) is 3.78. The number of nitrogens with zero attached hydrogens (tertiary/aromatic N) is 1. The van der Waals surface area contributed by atoms with Crippen LogP contribution in [0.3, 0.4) is 0 Å². The first kappa shape index (κ1) is 23.6. The molecule has 3 atom stereocenters. The number of aliphatic carboxylic acids is 2. The zero-order valence-corrected chi connectivity index (χ0v) is 15.7. The Morgan fingerprint density at radius 3 is 2.41 bits per heavy atom. The molecule has 0 radical (unpaired) electrons. The minimum absolute atomic E-state index is 0.120. The molecule has 1 rings (SSSR count). The molecular weight excluding hydrogens is 388 g/mol. The predicted octanol–water partition coefficient (Wildman–Crippen LogP) is -2.67. The van der Waals surface area contributed by atoms with E-state index in [-0.39, 0.29) is 12.8 Å². The second kappa shape index (κ2) is 11.4. The van der Waals surface area contributed by atoms with Gasteiger partial charge in [-0.3, -0.25) is 24.0 Å². The number of carbonyl (C=O) groups excluding carboxylic acids is 3. The van der Waals surface area contributed by atoms with Gasteiger partial charge in [0.1, 0.15) is 12.1 Å². The molecule has 0 spiro atoms. The number of aromatic nitrogens is 2. The molecule has 1 aromatic heterocycles. The Hall–Kier alpha value is -3.48. The summed E-state index contributed by atoms with van der Waals surface area (Å²) in [6, 6.07) is -3.41.